The molecule has 3 aromatic heterocycles. The second-order valence-corrected chi connectivity index (χ2v) is 6.77. The maximum Gasteiger partial charge on any atom is 0.350 e. The number of pyridine rings is 1. The Bertz CT molecular complexity index is 1470. The summed E-state index contributed by atoms with van der Waals surface area (Å²) in [6, 6.07) is 12.0. The average Bonchev–Trinajstić information content (AvgIpc) is 3.33. The van der Waals surface area contributed by atoms with E-state index in [0.717, 1.165) is 22.9 Å². The van der Waals surface area contributed by atoms with E-state index in [-0.39, 0.29) is 29.5 Å². The fourth-order valence-corrected chi connectivity index (χ4v) is 3.26. The molecular weight excluding hydrogens is 411 g/mol. The van der Waals surface area contributed by atoms with Crippen LogP contribution >= 0.6 is 0 Å². The van der Waals surface area contributed by atoms with Crippen LogP contribution in [0.1, 0.15) is 5.56 Å². The van der Waals surface area contributed by atoms with Gasteiger partial charge < -0.3 is 4.52 Å². The van der Waals surface area contributed by atoms with Gasteiger partial charge >= 0.3 is 5.69 Å². The summed E-state index contributed by atoms with van der Waals surface area (Å²) in [7, 11) is 0. The Labute approximate surface area is 172 Å². The predicted molar refractivity (Wildman–Crippen MR) is 104 cm³/mol. The molecule has 5 rings (SSSR count). The van der Waals surface area contributed by atoms with Crippen LogP contribution in [0.5, 0.6) is 0 Å². The van der Waals surface area contributed by atoms with Crippen molar-refractivity contribution < 1.29 is 17.7 Å². The van der Waals surface area contributed by atoms with E-state index in [0.29, 0.717) is 11.1 Å². The van der Waals surface area contributed by atoms with Gasteiger partial charge in [-0.3, -0.25) is 0 Å². The molecule has 0 saturated carbocycles. The SMILES string of the molecule is O=c1n(Cc2cc(F)cc(F)c2)nc2c(-c3nc(-c4cccc(F)c4)no3)cccn12. The molecule has 0 unspecified atom stereocenters. The van der Waals surface area contributed by atoms with Crippen molar-refractivity contribution >= 4 is 5.65 Å². The minimum atomic E-state index is -0.747. The zero-order valence-corrected chi connectivity index (χ0v) is 15.7. The average molecular weight is 423 g/mol. The van der Waals surface area contributed by atoms with Crippen molar-refractivity contribution in [2.45, 2.75) is 6.54 Å². The van der Waals surface area contributed by atoms with Gasteiger partial charge in [0.05, 0.1) is 12.1 Å². The molecule has 0 spiro atoms. The van der Waals surface area contributed by atoms with Crippen molar-refractivity contribution in [2.24, 2.45) is 0 Å². The fourth-order valence-electron chi connectivity index (χ4n) is 3.26. The molecule has 2 aromatic carbocycles. The molecule has 0 bridgehead atoms. The van der Waals surface area contributed by atoms with Crippen molar-refractivity contribution in [2.75, 3.05) is 0 Å². The van der Waals surface area contributed by atoms with Crippen LogP contribution in [0, 0.1) is 17.5 Å². The molecule has 0 N–H and O–H groups in total. The van der Waals surface area contributed by atoms with Gasteiger partial charge in [0.25, 0.3) is 5.89 Å². The Morgan fingerprint density at radius 2 is 1.74 bits per heavy atom. The lowest BCUT2D eigenvalue weighted by molar-refractivity contribution is 0.432. The molecule has 0 aliphatic rings. The Balaban J connectivity index is 1.57. The second-order valence-electron chi connectivity index (χ2n) is 6.77. The minimum absolute atomic E-state index is 0.0822. The van der Waals surface area contributed by atoms with E-state index in [2.05, 4.69) is 15.2 Å². The van der Waals surface area contributed by atoms with E-state index < -0.39 is 23.1 Å². The van der Waals surface area contributed by atoms with Gasteiger partial charge in [0, 0.05) is 17.8 Å². The number of hydrogen-bond acceptors (Lipinski definition) is 5. The summed E-state index contributed by atoms with van der Waals surface area (Å²) < 4.78 is 48.1. The normalized spacial score (nSPS) is 11.3. The molecule has 0 atom stereocenters. The third kappa shape index (κ3) is 3.48. The zero-order chi connectivity index (χ0) is 21.5. The van der Waals surface area contributed by atoms with Crippen molar-refractivity contribution in [1.82, 2.24) is 24.3 Å². The van der Waals surface area contributed by atoms with Gasteiger partial charge in [0.15, 0.2) is 5.65 Å². The number of nitrogens with zero attached hydrogens (tertiary/aromatic N) is 5. The lowest BCUT2D eigenvalue weighted by Gasteiger charge is -2.01. The highest BCUT2D eigenvalue weighted by Crippen LogP contribution is 2.25. The molecular formula is C21H12F3N5O2. The molecule has 0 amide bonds. The topological polar surface area (TPSA) is 78.2 Å². The van der Waals surface area contributed by atoms with Crippen LogP contribution < -0.4 is 5.69 Å². The summed E-state index contributed by atoms with van der Waals surface area (Å²) in [5, 5.41) is 8.14. The molecule has 3 heterocycles. The zero-order valence-electron chi connectivity index (χ0n) is 15.7. The molecule has 0 aliphatic heterocycles. The van der Waals surface area contributed by atoms with Crippen LogP contribution in [0.2, 0.25) is 0 Å². The molecule has 154 valence electrons. The third-order valence-corrected chi connectivity index (χ3v) is 4.60. The van der Waals surface area contributed by atoms with Gasteiger partial charge in [-0.15, -0.1) is 5.10 Å². The maximum absolute atomic E-state index is 13.5. The Morgan fingerprint density at radius 1 is 0.935 bits per heavy atom. The van der Waals surface area contributed by atoms with Crippen LogP contribution in [0.15, 0.2) is 70.1 Å². The molecule has 0 radical (unpaired) electrons. The van der Waals surface area contributed by atoms with Gasteiger partial charge in [-0.25, -0.2) is 27.0 Å². The van der Waals surface area contributed by atoms with Crippen molar-refractivity contribution in [1.29, 1.82) is 0 Å². The van der Waals surface area contributed by atoms with Gasteiger partial charge in [0.2, 0.25) is 5.82 Å². The Hall–Kier alpha value is -4.21. The van der Waals surface area contributed by atoms with Crippen LogP contribution in [-0.2, 0) is 6.54 Å². The number of rotatable bonds is 4. The minimum Gasteiger partial charge on any atom is -0.333 e. The van der Waals surface area contributed by atoms with Crippen LogP contribution in [0.25, 0.3) is 28.5 Å². The van der Waals surface area contributed by atoms with Gasteiger partial charge in [0.1, 0.15) is 17.5 Å². The summed E-state index contributed by atoms with van der Waals surface area (Å²) in [6.07, 6.45) is 1.50. The first kappa shape index (κ1) is 18.8. The van der Waals surface area contributed by atoms with E-state index in [9.17, 15) is 18.0 Å². The summed E-state index contributed by atoms with van der Waals surface area (Å²) in [5.41, 5.74) is 0.762. The highest BCUT2D eigenvalue weighted by atomic mass is 19.1. The quantitative estimate of drug-likeness (QED) is 0.441. The van der Waals surface area contributed by atoms with Crippen LogP contribution in [0.3, 0.4) is 0 Å². The first-order valence-corrected chi connectivity index (χ1v) is 9.11. The van der Waals surface area contributed by atoms with Gasteiger partial charge in [-0.05, 0) is 42.0 Å². The second kappa shape index (κ2) is 7.24. The monoisotopic (exact) mass is 423 g/mol. The van der Waals surface area contributed by atoms with Crippen molar-refractivity contribution in [3.8, 4) is 22.8 Å². The summed E-state index contributed by atoms with van der Waals surface area (Å²) in [5.74, 6) is -1.68. The van der Waals surface area contributed by atoms with E-state index >= 15 is 0 Å². The lowest BCUT2D eigenvalue weighted by atomic mass is 10.2. The number of aromatic nitrogens is 5. The van der Waals surface area contributed by atoms with E-state index in [4.69, 9.17) is 4.52 Å². The highest BCUT2D eigenvalue weighted by Gasteiger charge is 2.18. The summed E-state index contributed by atoms with van der Waals surface area (Å²) >= 11 is 0. The molecule has 10 heteroatoms. The standard InChI is InChI=1S/C21H12F3N5O2/c22-14-4-1-3-13(9-14)18-25-20(31-27-18)17-5-2-6-28-19(17)26-29(21(28)30)11-12-7-15(23)10-16(24)8-12/h1-10H,11H2. The van der Waals surface area contributed by atoms with Gasteiger partial charge in [-0.1, -0.05) is 17.3 Å². The molecule has 7 nitrogen and oxygen atoms in total. The van der Waals surface area contributed by atoms with Crippen molar-refractivity contribution in [3.63, 3.8) is 0 Å². The van der Waals surface area contributed by atoms with E-state index in [1.165, 1.54) is 28.8 Å². The fraction of sp³-hybridized carbons (Fsp3) is 0.0476. The highest BCUT2D eigenvalue weighted by molar-refractivity contribution is 5.72. The Kier molecular flexibility index (Phi) is 4.39. The van der Waals surface area contributed by atoms with E-state index in [1.807, 2.05) is 0 Å². The largest absolute Gasteiger partial charge is 0.350 e. The number of benzene rings is 2. The molecule has 0 aliphatic carbocycles. The molecule has 31 heavy (non-hydrogen) atoms. The predicted octanol–water partition coefficient (Wildman–Crippen LogP) is 3.68. The summed E-state index contributed by atoms with van der Waals surface area (Å²) in [4.78, 5) is 17.0. The maximum atomic E-state index is 13.5. The smallest absolute Gasteiger partial charge is 0.333 e. The summed E-state index contributed by atoms with van der Waals surface area (Å²) in [6.45, 7) is -0.132. The van der Waals surface area contributed by atoms with Crippen molar-refractivity contribution in [3.05, 3.63) is 94.3 Å². The van der Waals surface area contributed by atoms with Gasteiger partial charge in [-0.2, -0.15) is 4.98 Å². The lowest BCUT2D eigenvalue weighted by Crippen LogP contribution is -2.21. The first-order valence-electron chi connectivity index (χ1n) is 9.11. The van der Waals surface area contributed by atoms with Crippen LogP contribution in [-0.4, -0.2) is 24.3 Å². The third-order valence-electron chi connectivity index (χ3n) is 4.60. The number of hydrogen-bond donors (Lipinski definition) is 0. The molecule has 0 saturated heterocycles. The van der Waals surface area contributed by atoms with E-state index in [1.54, 1.807) is 18.2 Å². The Morgan fingerprint density at radius 3 is 2.52 bits per heavy atom. The first-order chi connectivity index (χ1) is 15.0. The van der Waals surface area contributed by atoms with Crippen LogP contribution in [0.4, 0.5) is 13.2 Å². The number of halogens is 3. The molecule has 5 aromatic rings. The molecule has 0 fully saturated rings. The number of fused-ring (bicyclic) bond motifs is 1.